The van der Waals surface area contributed by atoms with E-state index in [2.05, 4.69) is 32.2 Å². The molecule has 0 rings (SSSR count). The van der Waals surface area contributed by atoms with Crippen LogP contribution in [0, 0.1) is 17.2 Å². The summed E-state index contributed by atoms with van der Waals surface area (Å²) >= 11 is 0. The van der Waals surface area contributed by atoms with E-state index in [-0.39, 0.29) is 6.04 Å². The second-order valence-corrected chi connectivity index (χ2v) is 4.18. The highest BCUT2D eigenvalue weighted by atomic mass is 16.5. The molecule has 0 saturated heterocycles. The van der Waals surface area contributed by atoms with Crippen LogP contribution in [-0.4, -0.2) is 39.0 Å². The summed E-state index contributed by atoms with van der Waals surface area (Å²) in [5.41, 5.74) is 0. The molecule has 0 spiro atoms. The lowest BCUT2D eigenvalue weighted by molar-refractivity contribution is 0.0345. The molecule has 0 heterocycles. The average Bonchev–Trinajstić information content (AvgIpc) is 2.26. The summed E-state index contributed by atoms with van der Waals surface area (Å²) in [6.45, 7) is 9.50. The molecule has 0 aliphatic carbocycles. The van der Waals surface area contributed by atoms with Crippen molar-refractivity contribution in [1.82, 2.24) is 5.32 Å². The van der Waals surface area contributed by atoms with Crippen LogP contribution in [0.4, 0.5) is 0 Å². The Labute approximate surface area is 98.9 Å². The minimum Gasteiger partial charge on any atom is -0.379 e. The molecule has 1 N–H and O–H groups in total. The summed E-state index contributed by atoms with van der Waals surface area (Å²) in [4.78, 5) is 0. The van der Waals surface area contributed by atoms with Gasteiger partial charge in [-0.2, -0.15) is 5.26 Å². The maximum Gasteiger partial charge on any atom is 0.119 e. The molecule has 0 aliphatic heterocycles. The Hall–Kier alpha value is -0.630. The molecule has 0 saturated carbocycles. The second kappa shape index (κ2) is 10.9. The zero-order valence-electron chi connectivity index (χ0n) is 10.7. The Morgan fingerprint density at radius 2 is 1.81 bits per heavy atom. The number of hydrogen-bond acceptors (Lipinski definition) is 4. The van der Waals surface area contributed by atoms with E-state index in [4.69, 9.17) is 14.7 Å². The topological polar surface area (TPSA) is 54.3 Å². The number of nitriles is 1. The predicted octanol–water partition coefficient (Wildman–Crippen LogP) is 1.57. The molecule has 4 heteroatoms. The summed E-state index contributed by atoms with van der Waals surface area (Å²) in [6, 6.07) is 1.97. The van der Waals surface area contributed by atoms with Gasteiger partial charge in [-0.1, -0.05) is 20.8 Å². The molecule has 0 amide bonds. The van der Waals surface area contributed by atoms with Gasteiger partial charge in [-0.3, -0.25) is 0 Å². The van der Waals surface area contributed by atoms with E-state index in [1.807, 2.05) is 0 Å². The Bertz CT molecular complexity index is 190. The molecule has 0 aromatic heterocycles. The van der Waals surface area contributed by atoms with E-state index < -0.39 is 0 Å². The molecule has 0 aromatic rings. The van der Waals surface area contributed by atoms with Crippen molar-refractivity contribution in [2.45, 2.75) is 33.2 Å². The SMILES string of the molecule is CCCNC(C#N)COCCOCC(C)C. The summed E-state index contributed by atoms with van der Waals surface area (Å²) in [5, 5.41) is 11.9. The minimum atomic E-state index is -0.204. The number of rotatable bonds is 10. The number of nitrogens with zero attached hydrogens (tertiary/aromatic N) is 1. The van der Waals surface area contributed by atoms with Crippen molar-refractivity contribution in [3.05, 3.63) is 0 Å². The summed E-state index contributed by atoms with van der Waals surface area (Å²) < 4.78 is 10.7. The third-order valence-electron chi connectivity index (χ3n) is 1.90. The van der Waals surface area contributed by atoms with Crippen LogP contribution in [0.5, 0.6) is 0 Å². The van der Waals surface area contributed by atoms with Gasteiger partial charge in [-0.05, 0) is 18.9 Å². The third kappa shape index (κ3) is 9.91. The van der Waals surface area contributed by atoms with Gasteiger partial charge < -0.3 is 14.8 Å². The molecule has 1 unspecified atom stereocenters. The molecule has 0 aliphatic rings. The molecular formula is C12H24N2O2. The van der Waals surface area contributed by atoms with Gasteiger partial charge in [0.05, 0.1) is 25.9 Å². The standard InChI is InChI=1S/C12H24N2O2/c1-4-5-14-12(8-13)10-16-7-6-15-9-11(2)3/h11-12,14H,4-7,9-10H2,1-3H3. The van der Waals surface area contributed by atoms with Gasteiger partial charge in [0.15, 0.2) is 0 Å². The Morgan fingerprint density at radius 1 is 1.19 bits per heavy atom. The van der Waals surface area contributed by atoms with E-state index in [1.165, 1.54) is 0 Å². The Kier molecular flexibility index (Phi) is 10.4. The molecular weight excluding hydrogens is 204 g/mol. The smallest absolute Gasteiger partial charge is 0.119 e. The highest BCUT2D eigenvalue weighted by Crippen LogP contribution is 1.92. The van der Waals surface area contributed by atoms with Crippen molar-refractivity contribution >= 4 is 0 Å². The molecule has 0 aromatic carbocycles. The molecule has 0 radical (unpaired) electrons. The molecule has 1 atom stereocenters. The Balaban J connectivity index is 3.31. The fourth-order valence-electron chi connectivity index (χ4n) is 1.10. The maximum absolute atomic E-state index is 8.80. The van der Waals surface area contributed by atoms with Crippen LogP contribution in [0.3, 0.4) is 0 Å². The first-order valence-electron chi connectivity index (χ1n) is 5.99. The first-order valence-corrected chi connectivity index (χ1v) is 5.99. The van der Waals surface area contributed by atoms with Crippen LogP contribution in [0.2, 0.25) is 0 Å². The van der Waals surface area contributed by atoms with Crippen molar-refractivity contribution in [2.24, 2.45) is 5.92 Å². The van der Waals surface area contributed by atoms with Gasteiger partial charge in [0.25, 0.3) is 0 Å². The normalized spacial score (nSPS) is 12.7. The average molecular weight is 228 g/mol. The van der Waals surface area contributed by atoms with Crippen LogP contribution in [0.15, 0.2) is 0 Å². The highest BCUT2D eigenvalue weighted by Gasteiger charge is 2.05. The molecule has 94 valence electrons. The van der Waals surface area contributed by atoms with Gasteiger partial charge in [0.2, 0.25) is 0 Å². The third-order valence-corrected chi connectivity index (χ3v) is 1.90. The quantitative estimate of drug-likeness (QED) is 0.577. The maximum atomic E-state index is 8.80. The fourth-order valence-corrected chi connectivity index (χ4v) is 1.10. The van der Waals surface area contributed by atoms with Crippen molar-refractivity contribution < 1.29 is 9.47 Å². The van der Waals surface area contributed by atoms with E-state index in [0.29, 0.717) is 25.7 Å². The van der Waals surface area contributed by atoms with E-state index in [1.54, 1.807) is 0 Å². The zero-order valence-corrected chi connectivity index (χ0v) is 10.7. The zero-order chi connectivity index (χ0) is 12.2. The molecule has 0 bridgehead atoms. The van der Waals surface area contributed by atoms with Crippen LogP contribution < -0.4 is 5.32 Å². The van der Waals surface area contributed by atoms with E-state index >= 15 is 0 Å². The van der Waals surface area contributed by atoms with Crippen LogP contribution in [-0.2, 0) is 9.47 Å². The monoisotopic (exact) mass is 228 g/mol. The second-order valence-electron chi connectivity index (χ2n) is 4.18. The lowest BCUT2D eigenvalue weighted by Gasteiger charge is -2.11. The van der Waals surface area contributed by atoms with Crippen LogP contribution in [0.25, 0.3) is 0 Å². The van der Waals surface area contributed by atoms with Crippen LogP contribution >= 0.6 is 0 Å². The molecule has 4 nitrogen and oxygen atoms in total. The molecule has 0 fully saturated rings. The van der Waals surface area contributed by atoms with E-state index in [9.17, 15) is 0 Å². The lowest BCUT2D eigenvalue weighted by Crippen LogP contribution is -2.33. The first-order chi connectivity index (χ1) is 7.70. The lowest BCUT2D eigenvalue weighted by atomic mass is 10.2. The largest absolute Gasteiger partial charge is 0.379 e. The number of hydrogen-bond donors (Lipinski definition) is 1. The summed E-state index contributed by atoms with van der Waals surface area (Å²) in [5.74, 6) is 0.554. The van der Waals surface area contributed by atoms with Gasteiger partial charge in [-0.15, -0.1) is 0 Å². The van der Waals surface area contributed by atoms with Crippen molar-refractivity contribution in [2.75, 3.05) is 33.0 Å². The summed E-state index contributed by atoms with van der Waals surface area (Å²) in [7, 11) is 0. The molecule has 16 heavy (non-hydrogen) atoms. The van der Waals surface area contributed by atoms with Crippen LogP contribution in [0.1, 0.15) is 27.2 Å². The van der Waals surface area contributed by atoms with Crippen molar-refractivity contribution in [1.29, 1.82) is 5.26 Å². The number of nitrogens with one attached hydrogen (secondary N) is 1. The van der Waals surface area contributed by atoms with Crippen molar-refractivity contribution in [3.8, 4) is 6.07 Å². The summed E-state index contributed by atoms with van der Waals surface area (Å²) in [6.07, 6.45) is 1.02. The van der Waals surface area contributed by atoms with Gasteiger partial charge in [0.1, 0.15) is 6.04 Å². The highest BCUT2D eigenvalue weighted by molar-refractivity contribution is 4.89. The fraction of sp³-hybridized carbons (Fsp3) is 0.917. The number of ether oxygens (including phenoxy) is 2. The van der Waals surface area contributed by atoms with Gasteiger partial charge in [0, 0.05) is 6.61 Å². The Morgan fingerprint density at radius 3 is 2.31 bits per heavy atom. The predicted molar refractivity (Wildman–Crippen MR) is 64.2 cm³/mol. The van der Waals surface area contributed by atoms with Gasteiger partial charge in [-0.25, -0.2) is 0 Å². The van der Waals surface area contributed by atoms with Crippen molar-refractivity contribution in [3.63, 3.8) is 0 Å². The van der Waals surface area contributed by atoms with E-state index in [0.717, 1.165) is 19.6 Å². The van der Waals surface area contributed by atoms with Gasteiger partial charge >= 0.3 is 0 Å². The first kappa shape index (κ1) is 15.4. The minimum absolute atomic E-state index is 0.204.